The van der Waals surface area contributed by atoms with Crippen LogP contribution in [0.2, 0.25) is 0 Å². The molecule has 2 aliphatic rings. The van der Waals surface area contributed by atoms with E-state index in [1.54, 1.807) is 35.5 Å². The van der Waals surface area contributed by atoms with E-state index in [2.05, 4.69) is 0 Å². The fourth-order valence-corrected chi connectivity index (χ4v) is 3.67. The van der Waals surface area contributed by atoms with Gasteiger partial charge in [-0.25, -0.2) is 0 Å². The van der Waals surface area contributed by atoms with Crippen molar-refractivity contribution in [2.45, 2.75) is 13.2 Å². The van der Waals surface area contributed by atoms with Gasteiger partial charge in [-0.05, 0) is 6.07 Å². The van der Waals surface area contributed by atoms with Gasteiger partial charge in [-0.3, -0.25) is 0 Å². The van der Waals surface area contributed by atoms with Gasteiger partial charge in [-0.1, -0.05) is 0 Å². The molecule has 0 amide bonds. The molecule has 0 fully saturated rings. The molecule has 2 aliphatic heterocycles. The molecule has 26 heavy (non-hydrogen) atoms. The van der Waals surface area contributed by atoms with Gasteiger partial charge in [0.15, 0.2) is 23.0 Å². The van der Waals surface area contributed by atoms with Gasteiger partial charge in [0.05, 0.1) is 35.5 Å². The third-order valence-electron chi connectivity index (χ3n) is 4.72. The summed E-state index contributed by atoms with van der Waals surface area (Å²) in [6.07, 6.45) is 0. The molecule has 0 saturated carbocycles. The lowest BCUT2D eigenvalue weighted by Crippen LogP contribution is -2.17. The van der Waals surface area contributed by atoms with Gasteiger partial charge in [0.25, 0.3) is 0 Å². The van der Waals surface area contributed by atoms with Crippen molar-refractivity contribution < 1.29 is 33.2 Å². The predicted molar refractivity (Wildman–Crippen MR) is 93.3 cm³/mol. The van der Waals surface area contributed by atoms with Crippen LogP contribution in [-0.4, -0.2) is 35.5 Å². The van der Waals surface area contributed by atoms with E-state index in [0.29, 0.717) is 46.9 Å². The average molecular weight is 360 g/mol. The van der Waals surface area contributed by atoms with Gasteiger partial charge in [0.2, 0.25) is 17.2 Å². The molecule has 0 unspecified atom stereocenters. The van der Waals surface area contributed by atoms with E-state index >= 15 is 0 Å². The Hall–Kier alpha value is -2.96. The molecule has 0 aromatic heterocycles. The minimum atomic E-state index is 0.283. The van der Waals surface area contributed by atoms with Gasteiger partial charge >= 0.3 is 0 Å². The Morgan fingerprint density at radius 1 is 0.654 bits per heavy atom. The molecule has 7 nitrogen and oxygen atoms in total. The van der Waals surface area contributed by atoms with Crippen LogP contribution >= 0.6 is 0 Å². The summed E-state index contributed by atoms with van der Waals surface area (Å²) in [4.78, 5) is 0. The van der Waals surface area contributed by atoms with E-state index in [9.17, 15) is 0 Å². The molecule has 2 heterocycles. The van der Waals surface area contributed by atoms with Crippen molar-refractivity contribution in [1.82, 2.24) is 0 Å². The third kappa shape index (κ3) is 2.00. The number of ether oxygens (including phenoxy) is 7. The lowest BCUT2D eigenvalue weighted by Gasteiger charge is -2.33. The topological polar surface area (TPSA) is 64.6 Å². The summed E-state index contributed by atoms with van der Waals surface area (Å²) >= 11 is 0. The van der Waals surface area contributed by atoms with Gasteiger partial charge < -0.3 is 33.2 Å². The van der Waals surface area contributed by atoms with Gasteiger partial charge in [0, 0.05) is 22.3 Å². The molecule has 138 valence electrons. The van der Waals surface area contributed by atoms with Crippen LogP contribution in [0.15, 0.2) is 6.07 Å². The van der Waals surface area contributed by atoms with E-state index in [1.165, 1.54) is 0 Å². The number of benzene rings is 2. The fourth-order valence-electron chi connectivity index (χ4n) is 3.67. The molecule has 2 aromatic carbocycles. The zero-order chi connectivity index (χ0) is 18.4. The van der Waals surface area contributed by atoms with Crippen molar-refractivity contribution in [3.63, 3.8) is 0 Å². The van der Waals surface area contributed by atoms with Gasteiger partial charge in [-0.2, -0.15) is 0 Å². The van der Waals surface area contributed by atoms with Crippen LogP contribution in [0.3, 0.4) is 0 Å². The molecule has 0 saturated heterocycles. The molecular formula is C19H20O7. The molecule has 0 spiro atoms. The van der Waals surface area contributed by atoms with Crippen LogP contribution in [0.4, 0.5) is 0 Å². The van der Waals surface area contributed by atoms with E-state index in [1.807, 2.05) is 6.07 Å². The second-order valence-electron chi connectivity index (χ2n) is 5.84. The first kappa shape index (κ1) is 16.5. The summed E-state index contributed by atoms with van der Waals surface area (Å²) in [5, 5.41) is 0. The van der Waals surface area contributed by atoms with Crippen molar-refractivity contribution >= 4 is 0 Å². The normalized spacial score (nSPS) is 13.1. The van der Waals surface area contributed by atoms with Crippen molar-refractivity contribution in [2.24, 2.45) is 0 Å². The Balaban J connectivity index is 2.11. The number of hydrogen-bond acceptors (Lipinski definition) is 7. The highest BCUT2D eigenvalue weighted by Crippen LogP contribution is 2.61. The molecule has 4 rings (SSSR count). The Morgan fingerprint density at radius 3 is 1.88 bits per heavy atom. The quantitative estimate of drug-likeness (QED) is 0.811. The largest absolute Gasteiger partial charge is 0.493 e. The van der Waals surface area contributed by atoms with Crippen LogP contribution in [-0.2, 0) is 13.2 Å². The summed E-state index contributed by atoms with van der Waals surface area (Å²) in [6.45, 7) is 0.634. The van der Waals surface area contributed by atoms with Crippen molar-refractivity contribution in [3.8, 4) is 51.4 Å². The number of rotatable bonds is 5. The fraction of sp³-hybridized carbons (Fsp3) is 0.368. The maximum absolute atomic E-state index is 6.06. The second kappa shape index (κ2) is 6.09. The number of methoxy groups -OCH3 is 5. The third-order valence-corrected chi connectivity index (χ3v) is 4.72. The average Bonchev–Trinajstić information content (AvgIpc) is 2.69. The first-order valence-electron chi connectivity index (χ1n) is 8.08. The smallest absolute Gasteiger partial charge is 0.207 e. The lowest BCUT2D eigenvalue weighted by atomic mass is 9.88. The first-order valence-corrected chi connectivity index (χ1v) is 8.08. The highest BCUT2D eigenvalue weighted by atomic mass is 16.6. The summed E-state index contributed by atoms with van der Waals surface area (Å²) in [6, 6.07) is 1.91. The lowest BCUT2D eigenvalue weighted by molar-refractivity contribution is 0.239. The summed E-state index contributed by atoms with van der Waals surface area (Å²) < 4.78 is 39.8. The minimum absolute atomic E-state index is 0.283. The number of hydrogen-bond donors (Lipinski definition) is 0. The molecule has 0 N–H and O–H groups in total. The van der Waals surface area contributed by atoms with Gasteiger partial charge in [0.1, 0.15) is 13.2 Å². The van der Waals surface area contributed by atoms with Crippen LogP contribution in [0.25, 0.3) is 11.1 Å². The first-order chi connectivity index (χ1) is 12.7. The van der Waals surface area contributed by atoms with E-state index in [-0.39, 0.29) is 6.61 Å². The highest BCUT2D eigenvalue weighted by molar-refractivity contribution is 5.92. The van der Waals surface area contributed by atoms with E-state index < -0.39 is 0 Å². The molecule has 7 heteroatoms. The van der Waals surface area contributed by atoms with Crippen molar-refractivity contribution in [1.29, 1.82) is 0 Å². The standard InChI is InChI=1S/C19H20O7/c1-20-11-6-9-7-25-17-13-10(8-26-16(12(9)13)15(11)22-3)14(21-2)18(23-4)19(17)24-5/h6H,7-8H2,1-5H3. The molecule has 2 aromatic rings. The summed E-state index contributed by atoms with van der Waals surface area (Å²) in [7, 11) is 7.93. The van der Waals surface area contributed by atoms with Crippen LogP contribution in [0.5, 0.6) is 40.2 Å². The summed E-state index contributed by atoms with van der Waals surface area (Å²) in [5.41, 5.74) is 3.58. The maximum atomic E-state index is 6.06. The van der Waals surface area contributed by atoms with Gasteiger partial charge in [-0.15, -0.1) is 0 Å². The predicted octanol–water partition coefficient (Wildman–Crippen LogP) is 3.18. The molecule has 0 atom stereocenters. The molecule has 0 radical (unpaired) electrons. The van der Waals surface area contributed by atoms with Crippen LogP contribution < -0.4 is 33.2 Å². The molecule has 0 bridgehead atoms. The van der Waals surface area contributed by atoms with Crippen LogP contribution in [0.1, 0.15) is 11.1 Å². The van der Waals surface area contributed by atoms with Crippen molar-refractivity contribution in [2.75, 3.05) is 35.5 Å². The Morgan fingerprint density at radius 2 is 1.27 bits per heavy atom. The van der Waals surface area contributed by atoms with Crippen LogP contribution in [0, 0.1) is 0 Å². The molecule has 0 aliphatic carbocycles. The maximum Gasteiger partial charge on any atom is 0.207 e. The van der Waals surface area contributed by atoms with E-state index in [0.717, 1.165) is 22.3 Å². The monoisotopic (exact) mass is 360 g/mol. The SMILES string of the molecule is COc1cc2c3c(c1OC)OCc1c(OC)c(OC)c(OC)c(c1-3)OC2. The zero-order valence-electron chi connectivity index (χ0n) is 15.3. The Kier molecular flexibility index (Phi) is 3.86. The highest BCUT2D eigenvalue weighted by Gasteiger charge is 2.38. The van der Waals surface area contributed by atoms with E-state index in [4.69, 9.17) is 33.2 Å². The van der Waals surface area contributed by atoms with Crippen molar-refractivity contribution in [3.05, 3.63) is 17.2 Å². The molecular weight excluding hydrogens is 340 g/mol. The summed E-state index contributed by atoms with van der Waals surface area (Å²) in [5.74, 6) is 3.95. The minimum Gasteiger partial charge on any atom is -0.493 e. The Labute approximate surface area is 151 Å². The second-order valence-corrected chi connectivity index (χ2v) is 5.84. The Bertz CT molecular complexity index is 863. The zero-order valence-corrected chi connectivity index (χ0v) is 15.3.